The van der Waals surface area contributed by atoms with Crippen LogP contribution in [0.1, 0.15) is 0 Å². The van der Waals surface area contributed by atoms with Gasteiger partial charge in [-0.2, -0.15) is 0 Å². The Bertz CT molecular complexity index is 898. The largest absolute Gasteiger partial charge is 0.324 e. The van der Waals surface area contributed by atoms with Crippen molar-refractivity contribution in [3.05, 3.63) is 58.8 Å². The summed E-state index contributed by atoms with van der Waals surface area (Å²) in [6.45, 7) is 0. The predicted molar refractivity (Wildman–Crippen MR) is 99.9 cm³/mol. The van der Waals surface area contributed by atoms with E-state index >= 15 is 0 Å². The fourth-order valence-corrected chi connectivity index (χ4v) is 3.26. The van der Waals surface area contributed by atoms with Crippen LogP contribution >= 0.6 is 27.7 Å². The number of thioether (sulfide) groups is 1. The number of anilines is 1. The van der Waals surface area contributed by atoms with Crippen LogP contribution in [0.15, 0.2) is 58.2 Å². The van der Waals surface area contributed by atoms with Gasteiger partial charge < -0.3 is 9.88 Å². The maximum Gasteiger partial charge on any atom is 0.234 e. The summed E-state index contributed by atoms with van der Waals surface area (Å²) in [7, 11) is 1.81. The van der Waals surface area contributed by atoms with Gasteiger partial charge in [-0.05, 0) is 52.3 Å². The molecule has 1 aromatic heterocycles. The Kier molecular flexibility index (Phi) is 5.50. The molecule has 8 heteroatoms. The summed E-state index contributed by atoms with van der Waals surface area (Å²) >= 11 is 4.68. The Labute approximate surface area is 156 Å². The van der Waals surface area contributed by atoms with E-state index in [1.807, 2.05) is 31.3 Å². The van der Waals surface area contributed by atoms with Crippen LogP contribution in [0.25, 0.3) is 11.4 Å². The summed E-state index contributed by atoms with van der Waals surface area (Å²) in [6.07, 6.45) is 0. The molecule has 0 radical (unpaired) electrons. The molecule has 3 aromatic rings. The van der Waals surface area contributed by atoms with Crippen LogP contribution in [0, 0.1) is 5.82 Å². The number of nitrogens with one attached hydrogen (secondary N) is 1. The first kappa shape index (κ1) is 17.6. The highest BCUT2D eigenvalue weighted by molar-refractivity contribution is 9.10. The number of hydrogen-bond acceptors (Lipinski definition) is 4. The lowest BCUT2D eigenvalue weighted by molar-refractivity contribution is -0.113. The molecular formula is C17H14BrFN4OS. The van der Waals surface area contributed by atoms with E-state index < -0.39 is 0 Å². The van der Waals surface area contributed by atoms with E-state index in [0.717, 1.165) is 15.7 Å². The Morgan fingerprint density at radius 3 is 2.64 bits per heavy atom. The number of hydrogen-bond donors (Lipinski definition) is 1. The first-order valence-electron chi connectivity index (χ1n) is 7.37. The van der Waals surface area contributed by atoms with Crippen LogP contribution in [0.4, 0.5) is 10.1 Å². The van der Waals surface area contributed by atoms with Crippen molar-refractivity contribution in [2.75, 3.05) is 11.1 Å². The molecule has 0 aliphatic heterocycles. The molecule has 1 N–H and O–H groups in total. The molecule has 128 valence electrons. The average Bonchev–Trinajstić information content (AvgIpc) is 2.97. The zero-order chi connectivity index (χ0) is 17.8. The number of aromatic nitrogens is 3. The molecule has 25 heavy (non-hydrogen) atoms. The van der Waals surface area contributed by atoms with Gasteiger partial charge in [0.05, 0.1) is 11.4 Å². The van der Waals surface area contributed by atoms with E-state index in [4.69, 9.17) is 0 Å². The van der Waals surface area contributed by atoms with Gasteiger partial charge in [-0.3, -0.25) is 4.79 Å². The van der Waals surface area contributed by atoms with Crippen molar-refractivity contribution in [2.45, 2.75) is 5.16 Å². The molecule has 1 amide bonds. The molecule has 0 unspecified atom stereocenters. The third kappa shape index (κ3) is 4.26. The van der Waals surface area contributed by atoms with Crippen LogP contribution in [0.2, 0.25) is 0 Å². The second-order valence-electron chi connectivity index (χ2n) is 5.19. The standard InChI is InChI=1S/C17H14BrFN4OS/c1-23-16(11-6-8-12(19)9-7-11)21-22-17(23)25-10-15(24)20-14-5-3-2-4-13(14)18/h2-9H,10H2,1H3,(H,20,24). The minimum Gasteiger partial charge on any atom is -0.324 e. The lowest BCUT2D eigenvalue weighted by Gasteiger charge is -2.07. The van der Waals surface area contributed by atoms with Crippen LogP contribution < -0.4 is 5.32 Å². The number of nitrogens with zero attached hydrogens (tertiary/aromatic N) is 3. The molecule has 5 nitrogen and oxygen atoms in total. The van der Waals surface area contributed by atoms with Crippen LogP contribution in [0.5, 0.6) is 0 Å². The summed E-state index contributed by atoms with van der Waals surface area (Å²) < 4.78 is 15.6. The topological polar surface area (TPSA) is 59.8 Å². The van der Waals surface area contributed by atoms with Crippen LogP contribution in [-0.4, -0.2) is 26.4 Å². The summed E-state index contributed by atoms with van der Waals surface area (Å²) in [4.78, 5) is 12.1. The zero-order valence-electron chi connectivity index (χ0n) is 13.2. The van der Waals surface area contributed by atoms with E-state index in [2.05, 4.69) is 31.4 Å². The molecule has 0 atom stereocenters. The summed E-state index contributed by atoms with van der Waals surface area (Å²) in [5.74, 6) is 0.387. The van der Waals surface area contributed by atoms with Gasteiger partial charge in [-0.25, -0.2) is 4.39 Å². The Hall–Kier alpha value is -2.19. The second-order valence-corrected chi connectivity index (χ2v) is 6.99. The second kappa shape index (κ2) is 7.79. The molecule has 0 bridgehead atoms. The van der Waals surface area contributed by atoms with E-state index in [1.165, 1.54) is 23.9 Å². The molecule has 2 aromatic carbocycles. The molecular weight excluding hydrogens is 407 g/mol. The lowest BCUT2D eigenvalue weighted by atomic mass is 10.2. The van der Waals surface area contributed by atoms with Crippen LogP contribution in [-0.2, 0) is 11.8 Å². The van der Waals surface area contributed by atoms with Gasteiger partial charge in [0.1, 0.15) is 5.82 Å². The zero-order valence-corrected chi connectivity index (χ0v) is 15.6. The van der Waals surface area contributed by atoms with Gasteiger partial charge in [0.15, 0.2) is 11.0 Å². The van der Waals surface area contributed by atoms with Crippen molar-refractivity contribution in [3.63, 3.8) is 0 Å². The fraction of sp³-hybridized carbons (Fsp3) is 0.118. The minimum absolute atomic E-state index is 0.136. The average molecular weight is 421 g/mol. The Morgan fingerprint density at radius 2 is 1.92 bits per heavy atom. The van der Waals surface area contributed by atoms with E-state index in [9.17, 15) is 9.18 Å². The van der Waals surface area contributed by atoms with Gasteiger partial charge in [0.25, 0.3) is 0 Å². The molecule has 3 rings (SSSR count). The molecule has 0 aliphatic rings. The quantitative estimate of drug-likeness (QED) is 0.630. The van der Waals surface area contributed by atoms with Crippen molar-refractivity contribution in [3.8, 4) is 11.4 Å². The number of carbonyl (C=O) groups excluding carboxylic acids is 1. The van der Waals surface area contributed by atoms with Gasteiger partial charge in [-0.15, -0.1) is 10.2 Å². The molecule has 0 aliphatic carbocycles. The first-order valence-corrected chi connectivity index (χ1v) is 9.15. The van der Waals surface area contributed by atoms with E-state index in [1.54, 1.807) is 16.7 Å². The number of carbonyl (C=O) groups is 1. The summed E-state index contributed by atoms with van der Waals surface area (Å²) in [5, 5.41) is 11.7. The molecule has 0 fully saturated rings. The van der Waals surface area contributed by atoms with Crippen LogP contribution in [0.3, 0.4) is 0 Å². The highest BCUT2D eigenvalue weighted by atomic mass is 79.9. The van der Waals surface area contributed by atoms with Crippen molar-refractivity contribution in [1.82, 2.24) is 14.8 Å². The maximum absolute atomic E-state index is 13.0. The van der Waals surface area contributed by atoms with Crippen molar-refractivity contribution in [1.29, 1.82) is 0 Å². The molecule has 0 saturated carbocycles. The summed E-state index contributed by atoms with van der Waals surface area (Å²) in [5.41, 5.74) is 1.49. The van der Waals surface area contributed by atoms with Gasteiger partial charge >= 0.3 is 0 Å². The highest BCUT2D eigenvalue weighted by Gasteiger charge is 2.13. The molecule has 0 saturated heterocycles. The van der Waals surface area contributed by atoms with Gasteiger partial charge in [0.2, 0.25) is 5.91 Å². The van der Waals surface area contributed by atoms with E-state index in [-0.39, 0.29) is 17.5 Å². The summed E-state index contributed by atoms with van der Waals surface area (Å²) in [6, 6.07) is 13.5. The first-order chi connectivity index (χ1) is 12.0. The number of amides is 1. The van der Waals surface area contributed by atoms with Gasteiger partial charge in [-0.1, -0.05) is 23.9 Å². The van der Waals surface area contributed by atoms with Gasteiger partial charge in [0, 0.05) is 17.1 Å². The number of benzene rings is 2. The fourth-order valence-electron chi connectivity index (χ4n) is 2.17. The highest BCUT2D eigenvalue weighted by Crippen LogP contribution is 2.24. The predicted octanol–water partition coefficient (Wildman–Crippen LogP) is 4.11. The van der Waals surface area contributed by atoms with Crippen molar-refractivity contribution >= 4 is 39.3 Å². The monoisotopic (exact) mass is 420 g/mol. The maximum atomic E-state index is 13.0. The number of para-hydroxylation sites is 1. The third-order valence-corrected chi connectivity index (χ3v) is 5.13. The molecule has 0 spiro atoms. The SMILES string of the molecule is Cn1c(SCC(=O)Nc2ccccc2Br)nnc1-c1ccc(F)cc1. The Balaban J connectivity index is 1.65. The Morgan fingerprint density at radius 1 is 1.20 bits per heavy atom. The normalized spacial score (nSPS) is 10.7. The number of halogens is 2. The number of rotatable bonds is 5. The molecule has 1 heterocycles. The lowest BCUT2D eigenvalue weighted by Crippen LogP contribution is -2.14. The van der Waals surface area contributed by atoms with Crippen molar-refractivity contribution in [2.24, 2.45) is 7.05 Å². The van der Waals surface area contributed by atoms with E-state index in [0.29, 0.717) is 11.0 Å². The van der Waals surface area contributed by atoms with Crippen molar-refractivity contribution < 1.29 is 9.18 Å². The third-order valence-electron chi connectivity index (χ3n) is 3.42. The minimum atomic E-state index is -0.302. The smallest absolute Gasteiger partial charge is 0.234 e.